The molecule has 0 fully saturated rings. The molecule has 0 saturated heterocycles. The topological polar surface area (TPSA) is 29.1 Å². The molecule has 98 valence electrons. The molecule has 2 aromatic rings. The Morgan fingerprint density at radius 3 is 2.42 bits per heavy atom. The number of carbonyl (C=O) groups is 1. The van der Waals surface area contributed by atoms with Crippen molar-refractivity contribution in [2.75, 3.05) is 0 Å². The largest absolute Gasteiger partial charge is 0.348 e. The average molecular weight is 257 g/mol. The molecular formula is C16H16FNO. The summed E-state index contributed by atoms with van der Waals surface area (Å²) in [6, 6.07) is 12.3. The van der Waals surface area contributed by atoms with Gasteiger partial charge >= 0.3 is 0 Å². The number of rotatable bonds is 3. The first-order valence-electron chi connectivity index (χ1n) is 6.16. The van der Waals surface area contributed by atoms with Gasteiger partial charge in [-0.1, -0.05) is 29.8 Å². The highest BCUT2D eigenvalue weighted by molar-refractivity contribution is 5.94. The van der Waals surface area contributed by atoms with Crippen molar-refractivity contribution in [3.8, 4) is 0 Å². The molecule has 2 rings (SSSR count). The van der Waals surface area contributed by atoms with Crippen molar-refractivity contribution in [2.45, 2.75) is 20.4 Å². The number of hydrogen-bond acceptors (Lipinski definition) is 1. The molecule has 0 heterocycles. The van der Waals surface area contributed by atoms with E-state index in [1.54, 1.807) is 25.1 Å². The molecule has 0 aliphatic heterocycles. The SMILES string of the molecule is Cc1ccc(C(=O)NCc2ccc(C)c(F)c2)cc1. The van der Waals surface area contributed by atoms with Crippen LogP contribution in [0, 0.1) is 19.7 Å². The van der Waals surface area contributed by atoms with Gasteiger partial charge < -0.3 is 5.32 Å². The molecule has 0 spiro atoms. The monoisotopic (exact) mass is 257 g/mol. The lowest BCUT2D eigenvalue weighted by atomic mass is 10.1. The van der Waals surface area contributed by atoms with Crippen LogP contribution in [0.5, 0.6) is 0 Å². The lowest BCUT2D eigenvalue weighted by molar-refractivity contribution is 0.0951. The first-order valence-corrected chi connectivity index (χ1v) is 6.16. The average Bonchev–Trinajstić information content (AvgIpc) is 2.40. The van der Waals surface area contributed by atoms with E-state index in [0.717, 1.165) is 11.1 Å². The number of halogens is 1. The maximum atomic E-state index is 13.4. The predicted octanol–water partition coefficient (Wildman–Crippen LogP) is 3.37. The maximum Gasteiger partial charge on any atom is 0.251 e. The summed E-state index contributed by atoms with van der Waals surface area (Å²) in [5, 5.41) is 2.78. The van der Waals surface area contributed by atoms with Crippen molar-refractivity contribution < 1.29 is 9.18 Å². The second-order valence-electron chi connectivity index (χ2n) is 4.63. The molecule has 0 unspecified atom stereocenters. The minimum Gasteiger partial charge on any atom is -0.348 e. The first-order chi connectivity index (χ1) is 9.06. The summed E-state index contributed by atoms with van der Waals surface area (Å²) in [5.41, 5.74) is 3.08. The lowest BCUT2D eigenvalue weighted by Crippen LogP contribution is -2.22. The molecule has 0 aliphatic carbocycles. The van der Waals surface area contributed by atoms with Gasteiger partial charge in [-0.15, -0.1) is 0 Å². The van der Waals surface area contributed by atoms with E-state index in [0.29, 0.717) is 17.7 Å². The second kappa shape index (κ2) is 5.65. The summed E-state index contributed by atoms with van der Waals surface area (Å²) >= 11 is 0. The van der Waals surface area contributed by atoms with Crippen LogP contribution in [0.25, 0.3) is 0 Å². The third-order valence-electron chi connectivity index (χ3n) is 3.00. The van der Waals surface area contributed by atoms with Crippen LogP contribution in [0.1, 0.15) is 27.0 Å². The van der Waals surface area contributed by atoms with Gasteiger partial charge in [0.1, 0.15) is 5.82 Å². The molecule has 3 heteroatoms. The van der Waals surface area contributed by atoms with Crippen LogP contribution in [-0.4, -0.2) is 5.91 Å². The smallest absolute Gasteiger partial charge is 0.251 e. The zero-order chi connectivity index (χ0) is 13.8. The number of hydrogen-bond donors (Lipinski definition) is 1. The van der Waals surface area contributed by atoms with Crippen LogP contribution in [0.2, 0.25) is 0 Å². The van der Waals surface area contributed by atoms with Gasteiger partial charge in [0, 0.05) is 12.1 Å². The number of amides is 1. The molecule has 0 bridgehead atoms. The Hall–Kier alpha value is -2.16. The molecule has 0 radical (unpaired) electrons. The van der Waals surface area contributed by atoms with E-state index in [9.17, 15) is 9.18 Å². The standard InChI is InChI=1S/C16H16FNO/c1-11-3-7-14(8-4-11)16(19)18-10-13-6-5-12(2)15(17)9-13/h3-9H,10H2,1-2H3,(H,18,19). The van der Waals surface area contributed by atoms with Gasteiger partial charge in [0.2, 0.25) is 0 Å². The molecule has 19 heavy (non-hydrogen) atoms. The fourth-order valence-corrected chi connectivity index (χ4v) is 1.74. The Kier molecular flexibility index (Phi) is 3.95. The molecule has 0 aromatic heterocycles. The van der Waals surface area contributed by atoms with Gasteiger partial charge in [-0.2, -0.15) is 0 Å². The Balaban J connectivity index is 2.00. The Bertz CT molecular complexity index is 590. The van der Waals surface area contributed by atoms with E-state index in [2.05, 4.69) is 5.32 Å². The van der Waals surface area contributed by atoms with Crippen LogP contribution in [0.4, 0.5) is 4.39 Å². The van der Waals surface area contributed by atoms with Crippen molar-refractivity contribution in [3.63, 3.8) is 0 Å². The number of nitrogens with one attached hydrogen (secondary N) is 1. The molecule has 0 saturated carbocycles. The van der Waals surface area contributed by atoms with Crippen molar-refractivity contribution in [2.24, 2.45) is 0 Å². The van der Waals surface area contributed by atoms with Crippen molar-refractivity contribution in [3.05, 3.63) is 70.5 Å². The van der Waals surface area contributed by atoms with Gasteiger partial charge in [-0.3, -0.25) is 4.79 Å². The zero-order valence-electron chi connectivity index (χ0n) is 11.0. The summed E-state index contributed by atoms with van der Waals surface area (Å²) in [7, 11) is 0. The highest BCUT2D eigenvalue weighted by Crippen LogP contribution is 2.09. The lowest BCUT2D eigenvalue weighted by Gasteiger charge is -2.06. The van der Waals surface area contributed by atoms with Crippen LogP contribution in [0.3, 0.4) is 0 Å². The van der Waals surface area contributed by atoms with Crippen LogP contribution in [0.15, 0.2) is 42.5 Å². The molecule has 1 amide bonds. The molecular weight excluding hydrogens is 241 g/mol. The second-order valence-corrected chi connectivity index (χ2v) is 4.63. The summed E-state index contributed by atoms with van der Waals surface area (Å²) in [6.45, 7) is 4.00. The Morgan fingerprint density at radius 1 is 1.11 bits per heavy atom. The van der Waals surface area contributed by atoms with Gasteiger partial charge in [0.05, 0.1) is 0 Å². The molecule has 2 aromatic carbocycles. The van der Waals surface area contributed by atoms with Crippen molar-refractivity contribution >= 4 is 5.91 Å². The van der Waals surface area contributed by atoms with E-state index in [4.69, 9.17) is 0 Å². The summed E-state index contributed by atoms with van der Waals surface area (Å²) in [6.07, 6.45) is 0. The third-order valence-corrected chi connectivity index (χ3v) is 3.00. The van der Waals surface area contributed by atoms with Crippen molar-refractivity contribution in [1.29, 1.82) is 0 Å². The van der Waals surface area contributed by atoms with E-state index < -0.39 is 0 Å². The van der Waals surface area contributed by atoms with Crippen LogP contribution < -0.4 is 5.32 Å². The first kappa shape index (κ1) is 13.3. The van der Waals surface area contributed by atoms with E-state index in [-0.39, 0.29) is 11.7 Å². The van der Waals surface area contributed by atoms with Gasteiger partial charge in [0.25, 0.3) is 5.91 Å². The molecule has 0 atom stereocenters. The quantitative estimate of drug-likeness (QED) is 0.897. The molecule has 0 aliphatic rings. The number of carbonyl (C=O) groups excluding carboxylic acids is 1. The van der Waals surface area contributed by atoms with Gasteiger partial charge in [0.15, 0.2) is 0 Å². The Morgan fingerprint density at radius 2 is 1.79 bits per heavy atom. The Labute approximate surface area is 112 Å². The number of aryl methyl sites for hydroxylation is 2. The number of benzene rings is 2. The minimum absolute atomic E-state index is 0.152. The van der Waals surface area contributed by atoms with Crippen molar-refractivity contribution in [1.82, 2.24) is 5.32 Å². The highest BCUT2D eigenvalue weighted by atomic mass is 19.1. The molecule has 1 N–H and O–H groups in total. The fourth-order valence-electron chi connectivity index (χ4n) is 1.74. The summed E-state index contributed by atoms with van der Waals surface area (Å²) < 4.78 is 13.4. The van der Waals surface area contributed by atoms with Crippen LogP contribution >= 0.6 is 0 Å². The van der Waals surface area contributed by atoms with E-state index in [1.165, 1.54) is 6.07 Å². The summed E-state index contributed by atoms with van der Waals surface area (Å²) in [4.78, 5) is 11.9. The van der Waals surface area contributed by atoms with Crippen LogP contribution in [-0.2, 0) is 6.54 Å². The summed E-state index contributed by atoms with van der Waals surface area (Å²) in [5.74, 6) is -0.400. The third kappa shape index (κ3) is 3.41. The highest BCUT2D eigenvalue weighted by Gasteiger charge is 2.05. The van der Waals surface area contributed by atoms with Gasteiger partial charge in [-0.25, -0.2) is 4.39 Å². The maximum absolute atomic E-state index is 13.4. The van der Waals surface area contributed by atoms with E-state index in [1.807, 2.05) is 25.1 Å². The molecule has 2 nitrogen and oxygen atoms in total. The zero-order valence-corrected chi connectivity index (χ0v) is 11.0. The fraction of sp³-hybridized carbons (Fsp3) is 0.188. The minimum atomic E-state index is -0.248. The predicted molar refractivity (Wildman–Crippen MR) is 73.5 cm³/mol. The van der Waals surface area contributed by atoms with E-state index >= 15 is 0 Å². The van der Waals surface area contributed by atoms with Gasteiger partial charge in [-0.05, 0) is 43.2 Å². The normalized spacial score (nSPS) is 10.3.